The van der Waals surface area contributed by atoms with E-state index >= 15 is 0 Å². The summed E-state index contributed by atoms with van der Waals surface area (Å²) < 4.78 is 22.6. The molecule has 0 N–H and O–H groups in total. The van der Waals surface area contributed by atoms with Gasteiger partial charge in [0.2, 0.25) is 0 Å². The van der Waals surface area contributed by atoms with Gasteiger partial charge in [0, 0.05) is 12.8 Å². The maximum Gasteiger partial charge on any atom is 0.306 e. The average Bonchev–Trinajstić information content (AvgIpc) is 3.34. The second-order valence-corrected chi connectivity index (χ2v) is 20.6. The number of likely N-dealkylation sites (N-methyl/N-ethyl adjacent to an activating group) is 1. The largest absolute Gasteiger partial charge is 0.545 e. The van der Waals surface area contributed by atoms with Gasteiger partial charge in [0.05, 0.1) is 40.3 Å². The fourth-order valence-electron chi connectivity index (χ4n) is 8.03. The first-order chi connectivity index (χ1) is 34.6. The highest BCUT2D eigenvalue weighted by Gasteiger charge is 2.21. The molecule has 0 bridgehead atoms. The van der Waals surface area contributed by atoms with Gasteiger partial charge < -0.3 is 33.3 Å². The van der Waals surface area contributed by atoms with Crippen molar-refractivity contribution in [1.29, 1.82) is 0 Å². The predicted molar refractivity (Wildman–Crippen MR) is 297 cm³/mol. The molecule has 2 unspecified atom stereocenters. The Kier molecular flexibility index (Phi) is 50.6. The van der Waals surface area contributed by atoms with Crippen molar-refractivity contribution in [2.75, 3.05) is 47.5 Å². The molecule has 71 heavy (non-hydrogen) atoms. The van der Waals surface area contributed by atoms with Crippen LogP contribution in [0.2, 0.25) is 0 Å². The van der Waals surface area contributed by atoms with Crippen LogP contribution in [-0.2, 0) is 33.3 Å². The molecule has 0 radical (unpaired) electrons. The molecule has 0 fully saturated rings. The van der Waals surface area contributed by atoms with Gasteiger partial charge in [-0.15, -0.1) is 0 Å². The Morgan fingerprint density at radius 3 is 1.17 bits per heavy atom. The Balaban J connectivity index is 4.26. The van der Waals surface area contributed by atoms with E-state index in [9.17, 15) is 19.5 Å². The summed E-state index contributed by atoms with van der Waals surface area (Å²) >= 11 is 0. The molecule has 0 amide bonds. The monoisotopic (exact) mass is 996 g/mol. The van der Waals surface area contributed by atoms with E-state index in [4.69, 9.17) is 18.9 Å². The lowest BCUT2D eigenvalue weighted by atomic mass is 10.0. The van der Waals surface area contributed by atoms with Gasteiger partial charge in [0.15, 0.2) is 12.4 Å². The van der Waals surface area contributed by atoms with Crippen LogP contribution in [0.4, 0.5) is 0 Å². The van der Waals surface area contributed by atoms with E-state index in [1.165, 1.54) is 154 Å². The number of nitrogens with zero attached hydrogens (tertiary/aromatic N) is 1. The SMILES string of the molecule is CC/C=C\C/C=C\C/C=C\C/C=C\C/C=C\C/C=C\CCC(=O)OC(COC(=O)CCCCCCCCCCCCCCCCCCCCCCCCCCCCC)COC(OCC[N+](C)(C)C)C(=O)[O-]. The van der Waals surface area contributed by atoms with E-state index in [0.29, 0.717) is 17.4 Å². The van der Waals surface area contributed by atoms with Gasteiger partial charge in [0.25, 0.3) is 0 Å². The topological polar surface area (TPSA) is 111 Å². The third-order valence-electron chi connectivity index (χ3n) is 12.5. The minimum absolute atomic E-state index is 0.121. The molecule has 0 spiro atoms. The zero-order valence-corrected chi connectivity index (χ0v) is 46.6. The van der Waals surface area contributed by atoms with Crippen LogP contribution in [-0.4, -0.2) is 82.3 Å². The van der Waals surface area contributed by atoms with Crippen LogP contribution in [0.3, 0.4) is 0 Å². The molecule has 9 nitrogen and oxygen atoms in total. The zero-order valence-electron chi connectivity index (χ0n) is 46.6. The highest BCUT2D eigenvalue weighted by Crippen LogP contribution is 2.17. The van der Waals surface area contributed by atoms with E-state index < -0.39 is 24.3 Å². The summed E-state index contributed by atoms with van der Waals surface area (Å²) in [7, 11) is 5.90. The fourth-order valence-corrected chi connectivity index (χ4v) is 8.03. The lowest BCUT2D eigenvalue weighted by molar-refractivity contribution is -0.870. The Bertz CT molecular complexity index is 1390. The molecular weight excluding hydrogens is 887 g/mol. The Morgan fingerprint density at radius 1 is 0.437 bits per heavy atom. The molecular formula is C62H109NO8. The summed E-state index contributed by atoms with van der Waals surface area (Å²) in [5.41, 5.74) is 0. The van der Waals surface area contributed by atoms with Crippen molar-refractivity contribution in [3.05, 3.63) is 72.9 Å². The van der Waals surface area contributed by atoms with Crippen molar-refractivity contribution in [3.63, 3.8) is 0 Å². The number of ether oxygens (including phenoxy) is 4. The molecule has 0 heterocycles. The van der Waals surface area contributed by atoms with E-state index in [2.05, 4.69) is 74.6 Å². The second-order valence-electron chi connectivity index (χ2n) is 20.6. The first-order valence-electron chi connectivity index (χ1n) is 29.1. The molecule has 410 valence electrons. The van der Waals surface area contributed by atoms with Crippen molar-refractivity contribution >= 4 is 17.9 Å². The number of allylic oxidation sites excluding steroid dienone is 12. The molecule has 0 saturated heterocycles. The summed E-state index contributed by atoms with van der Waals surface area (Å²) in [6.45, 7) is 4.57. The van der Waals surface area contributed by atoms with Crippen LogP contribution in [0.1, 0.15) is 245 Å². The number of hydrogen-bond acceptors (Lipinski definition) is 8. The predicted octanol–water partition coefficient (Wildman–Crippen LogP) is 15.7. The fraction of sp³-hybridized carbons (Fsp3) is 0.758. The highest BCUT2D eigenvalue weighted by molar-refractivity contribution is 5.70. The van der Waals surface area contributed by atoms with Crippen LogP contribution >= 0.6 is 0 Å². The van der Waals surface area contributed by atoms with Gasteiger partial charge in [0.1, 0.15) is 13.2 Å². The van der Waals surface area contributed by atoms with Crippen molar-refractivity contribution in [2.24, 2.45) is 0 Å². The average molecular weight is 997 g/mol. The Hall–Kier alpha value is -3.27. The number of carboxylic acids is 1. The molecule has 0 aromatic rings. The third-order valence-corrected chi connectivity index (χ3v) is 12.5. The van der Waals surface area contributed by atoms with Crippen LogP contribution in [0, 0.1) is 0 Å². The first-order valence-corrected chi connectivity index (χ1v) is 29.1. The normalized spacial score (nSPS) is 13.3. The number of unbranched alkanes of at least 4 members (excludes halogenated alkanes) is 26. The molecule has 0 aliphatic rings. The number of quaternary nitrogens is 1. The van der Waals surface area contributed by atoms with Crippen molar-refractivity contribution in [3.8, 4) is 0 Å². The summed E-state index contributed by atoms with van der Waals surface area (Å²) in [6.07, 6.45) is 65.5. The standard InChI is InChI=1S/C62H109NO8/c1-6-8-10-12-14-16-18-20-22-24-26-27-28-29-30-31-32-33-35-36-38-40-42-44-46-48-50-52-59(64)69-56-58(57-70-62(61(66)67)68-55-54-63(3,4)5)71-60(65)53-51-49-47-45-43-41-39-37-34-25-23-21-19-17-15-13-11-9-7-2/h9,11,15,17,21,23,34,37,41,43,47,49,58,62H,6-8,10,12-14,16,18-20,22,24-33,35-36,38-40,42,44-46,48,50-57H2,1-5H3/b11-9-,17-15-,23-21-,37-34-,43-41-,49-47-. The van der Waals surface area contributed by atoms with E-state index in [1.54, 1.807) is 0 Å². The molecule has 9 heteroatoms. The summed E-state index contributed by atoms with van der Waals surface area (Å²) in [4.78, 5) is 37.2. The minimum Gasteiger partial charge on any atom is -0.545 e. The number of aliphatic carboxylic acids is 1. The Morgan fingerprint density at radius 2 is 0.803 bits per heavy atom. The molecule has 0 aromatic carbocycles. The summed E-state index contributed by atoms with van der Waals surface area (Å²) in [5, 5.41) is 11.8. The molecule has 2 atom stereocenters. The molecule has 0 aliphatic carbocycles. The van der Waals surface area contributed by atoms with Crippen LogP contribution in [0.5, 0.6) is 0 Å². The molecule has 0 rings (SSSR count). The van der Waals surface area contributed by atoms with E-state index in [1.807, 2.05) is 33.3 Å². The van der Waals surface area contributed by atoms with Crippen molar-refractivity contribution < 1.29 is 42.9 Å². The number of rotatable bonds is 53. The third kappa shape index (κ3) is 54.3. The number of hydrogen-bond donors (Lipinski definition) is 0. The first kappa shape index (κ1) is 67.7. The molecule has 0 aliphatic heterocycles. The lowest BCUT2D eigenvalue weighted by Gasteiger charge is -2.26. The number of carboxylic acid groups (broad SMARTS) is 1. The molecule has 0 aromatic heterocycles. The maximum absolute atomic E-state index is 12.8. The smallest absolute Gasteiger partial charge is 0.306 e. The molecule has 0 saturated carbocycles. The minimum atomic E-state index is -1.64. The van der Waals surface area contributed by atoms with E-state index in [0.717, 1.165) is 57.8 Å². The van der Waals surface area contributed by atoms with Gasteiger partial charge in [-0.25, -0.2) is 0 Å². The van der Waals surface area contributed by atoms with Gasteiger partial charge in [-0.05, 0) is 51.4 Å². The van der Waals surface area contributed by atoms with Crippen molar-refractivity contribution in [2.45, 2.75) is 257 Å². The van der Waals surface area contributed by atoms with Gasteiger partial charge in [-0.1, -0.05) is 254 Å². The van der Waals surface area contributed by atoms with Gasteiger partial charge >= 0.3 is 11.9 Å². The number of esters is 2. The van der Waals surface area contributed by atoms with Gasteiger partial charge in [-0.2, -0.15) is 0 Å². The zero-order chi connectivity index (χ0) is 52.0. The summed E-state index contributed by atoms with van der Waals surface area (Å²) in [5.74, 6) is -2.39. The number of carbonyl (C=O) groups is 3. The van der Waals surface area contributed by atoms with Crippen molar-refractivity contribution in [1.82, 2.24) is 0 Å². The quantitative estimate of drug-likeness (QED) is 0.0195. The lowest BCUT2D eigenvalue weighted by Crippen LogP contribution is -2.44. The van der Waals surface area contributed by atoms with E-state index in [-0.39, 0.29) is 38.6 Å². The van der Waals surface area contributed by atoms with Crippen LogP contribution < -0.4 is 5.11 Å². The number of carbonyl (C=O) groups excluding carboxylic acids is 3. The summed E-state index contributed by atoms with van der Waals surface area (Å²) in [6, 6.07) is 0. The highest BCUT2D eigenvalue weighted by atomic mass is 16.7. The second kappa shape index (κ2) is 53.0. The van der Waals surface area contributed by atoms with Crippen LogP contribution in [0.15, 0.2) is 72.9 Å². The Labute approximate surface area is 437 Å². The van der Waals surface area contributed by atoms with Crippen LogP contribution in [0.25, 0.3) is 0 Å². The van der Waals surface area contributed by atoms with Gasteiger partial charge in [-0.3, -0.25) is 9.59 Å². The maximum atomic E-state index is 12.8.